The van der Waals surface area contributed by atoms with E-state index < -0.39 is 17.7 Å². The summed E-state index contributed by atoms with van der Waals surface area (Å²) >= 11 is 0. The van der Waals surface area contributed by atoms with Crippen LogP contribution in [0.25, 0.3) is 0 Å². The van der Waals surface area contributed by atoms with Crippen molar-refractivity contribution in [2.75, 3.05) is 27.4 Å². The molecule has 0 aromatic heterocycles. The summed E-state index contributed by atoms with van der Waals surface area (Å²) in [6, 6.07) is 9.80. The molecule has 2 aromatic rings. The molecule has 2 rings (SSSR count). The molecule has 0 spiro atoms. The van der Waals surface area contributed by atoms with Crippen molar-refractivity contribution in [2.45, 2.75) is 32.5 Å². The number of hydrogen-bond acceptors (Lipinski definition) is 5. The monoisotopic (exact) mass is 453 g/mol. The standard InChI is InChI=1S/C23H26F3NO5/c1-4-32-21(29)15-27(14-16-8-11-18(12-9-16)23(24,25)26)20(28)13-10-17-6-5-7-19(30-2)22(17)31-3/h5-9,11-12H,4,10,13-15H2,1-3H3. The van der Waals surface area contributed by atoms with Crippen molar-refractivity contribution in [1.29, 1.82) is 0 Å². The maximum absolute atomic E-state index is 12.9. The highest BCUT2D eigenvalue weighted by Gasteiger charge is 2.30. The molecule has 9 heteroatoms. The van der Waals surface area contributed by atoms with E-state index in [0.717, 1.165) is 17.7 Å². The SMILES string of the molecule is CCOC(=O)CN(Cc1ccc(C(F)(F)F)cc1)C(=O)CCc1cccc(OC)c1OC. The zero-order valence-corrected chi connectivity index (χ0v) is 18.2. The van der Waals surface area contributed by atoms with Gasteiger partial charge in [-0.3, -0.25) is 9.59 Å². The molecule has 0 atom stereocenters. The Labute approximate surface area is 184 Å². The van der Waals surface area contributed by atoms with Gasteiger partial charge >= 0.3 is 12.1 Å². The number of benzene rings is 2. The molecule has 32 heavy (non-hydrogen) atoms. The summed E-state index contributed by atoms with van der Waals surface area (Å²) in [5, 5.41) is 0. The molecule has 0 aliphatic heterocycles. The molecule has 0 heterocycles. The van der Waals surface area contributed by atoms with Crippen molar-refractivity contribution in [3.05, 3.63) is 59.2 Å². The van der Waals surface area contributed by atoms with Gasteiger partial charge in [0, 0.05) is 13.0 Å². The summed E-state index contributed by atoms with van der Waals surface area (Å²) in [6.07, 6.45) is -4.07. The summed E-state index contributed by atoms with van der Waals surface area (Å²) in [5.41, 5.74) is 0.440. The minimum atomic E-state index is -4.45. The van der Waals surface area contributed by atoms with Gasteiger partial charge in [-0.25, -0.2) is 0 Å². The van der Waals surface area contributed by atoms with Gasteiger partial charge in [0.15, 0.2) is 11.5 Å². The highest BCUT2D eigenvalue weighted by molar-refractivity contribution is 5.82. The molecule has 0 radical (unpaired) electrons. The first-order valence-corrected chi connectivity index (χ1v) is 9.99. The van der Waals surface area contributed by atoms with Crippen LogP contribution in [0, 0.1) is 0 Å². The Morgan fingerprint density at radius 2 is 1.69 bits per heavy atom. The Bertz CT molecular complexity index is 913. The first kappa shape index (κ1) is 25.0. The van der Waals surface area contributed by atoms with Gasteiger partial charge in [-0.2, -0.15) is 13.2 Å². The largest absolute Gasteiger partial charge is 0.493 e. The van der Waals surface area contributed by atoms with Gasteiger partial charge in [0.1, 0.15) is 6.54 Å². The molecule has 174 valence electrons. The Hall–Kier alpha value is -3.23. The predicted molar refractivity (Wildman–Crippen MR) is 111 cm³/mol. The number of alkyl halides is 3. The van der Waals surface area contributed by atoms with Crippen molar-refractivity contribution in [3.63, 3.8) is 0 Å². The molecular formula is C23H26F3NO5. The fourth-order valence-electron chi connectivity index (χ4n) is 3.16. The molecule has 0 saturated carbocycles. The Morgan fingerprint density at radius 1 is 1.00 bits per heavy atom. The lowest BCUT2D eigenvalue weighted by atomic mass is 10.1. The van der Waals surface area contributed by atoms with Gasteiger partial charge in [-0.15, -0.1) is 0 Å². The van der Waals surface area contributed by atoms with Gasteiger partial charge in [-0.05, 0) is 42.7 Å². The number of esters is 1. The molecule has 1 amide bonds. The molecule has 0 unspecified atom stereocenters. The number of hydrogen-bond donors (Lipinski definition) is 0. The molecule has 0 fully saturated rings. The van der Waals surface area contributed by atoms with E-state index in [9.17, 15) is 22.8 Å². The van der Waals surface area contributed by atoms with Gasteiger partial charge in [0.05, 0.1) is 26.4 Å². The third-order valence-corrected chi connectivity index (χ3v) is 4.73. The van der Waals surface area contributed by atoms with E-state index in [4.69, 9.17) is 14.2 Å². The highest BCUT2D eigenvalue weighted by atomic mass is 19.4. The Balaban J connectivity index is 2.15. The normalized spacial score (nSPS) is 11.1. The second-order valence-electron chi connectivity index (χ2n) is 6.90. The summed E-state index contributed by atoms with van der Waals surface area (Å²) < 4.78 is 54.0. The lowest BCUT2D eigenvalue weighted by Crippen LogP contribution is -2.36. The smallest absolute Gasteiger partial charge is 0.416 e. The van der Waals surface area contributed by atoms with Gasteiger partial charge < -0.3 is 19.1 Å². The fraction of sp³-hybridized carbons (Fsp3) is 0.391. The maximum atomic E-state index is 12.9. The van der Waals surface area contributed by atoms with Crippen molar-refractivity contribution in [1.82, 2.24) is 4.90 Å². The lowest BCUT2D eigenvalue weighted by Gasteiger charge is -2.22. The molecule has 0 bridgehead atoms. The van der Waals surface area contributed by atoms with E-state index in [1.807, 2.05) is 0 Å². The molecule has 0 aliphatic carbocycles. The second kappa shape index (κ2) is 11.4. The first-order chi connectivity index (χ1) is 15.2. The number of carbonyl (C=O) groups is 2. The lowest BCUT2D eigenvalue weighted by molar-refractivity contribution is -0.149. The number of methoxy groups -OCH3 is 2. The topological polar surface area (TPSA) is 65.1 Å². The van der Waals surface area contributed by atoms with Crippen LogP contribution >= 0.6 is 0 Å². The number of amides is 1. The van der Waals surface area contributed by atoms with Crippen LogP contribution in [0.15, 0.2) is 42.5 Å². The van der Waals surface area contributed by atoms with Crippen molar-refractivity contribution in [3.8, 4) is 11.5 Å². The van der Waals surface area contributed by atoms with Gasteiger partial charge in [0.25, 0.3) is 0 Å². The van der Waals surface area contributed by atoms with Crippen LogP contribution in [0.5, 0.6) is 11.5 Å². The van der Waals surface area contributed by atoms with E-state index in [2.05, 4.69) is 0 Å². The fourth-order valence-corrected chi connectivity index (χ4v) is 3.16. The number of nitrogens with zero attached hydrogens (tertiary/aromatic N) is 1. The summed E-state index contributed by atoms with van der Waals surface area (Å²) in [4.78, 5) is 26.2. The van der Waals surface area contributed by atoms with Crippen LogP contribution < -0.4 is 9.47 Å². The average Bonchev–Trinajstić information content (AvgIpc) is 2.76. The molecule has 0 N–H and O–H groups in total. The predicted octanol–water partition coefficient (Wildman–Crippen LogP) is 4.25. The zero-order valence-electron chi connectivity index (χ0n) is 18.2. The molecule has 0 saturated heterocycles. The van der Waals surface area contributed by atoms with E-state index in [1.165, 1.54) is 31.3 Å². The number of aryl methyl sites for hydroxylation is 1. The first-order valence-electron chi connectivity index (χ1n) is 9.99. The Morgan fingerprint density at radius 3 is 2.25 bits per heavy atom. The van der Waals surface area contributed by atoms with Crippen LogP contribution in [-0.2, 0) is 33.5 Å². The summed E-state index contributed by atoms with van der Waals surface area (Å²) in [7, 11) is 3.01. The third kappa shape index (κ3) is 6.90. The van der Waals surface area contributed by atoms with Crippen LogP contribution in [0.4, 0.5) is 13.2 Å². The molecular weight excluding hydrogens is 427 g/mol. The van der Waals surface area contributed by atoms with Crippen LogP contribution in [0.3, 0.4) is 0 Å². The minimum absolute atomic E-state index is 0.0228. The van der Waals surface area contributed by atoms with Crippen LogP contribution in [0.1, 0.15) is 30.0 Å². The number of ether oxygens (including phenoxy) is 3. The minimum Gasteiger partial charge on any atom is -0.493 e. The number of para-hydroxylation sites is 1. The third-order valence-electron chi connectivity index (χ3n) is 4.73. The summed E-state index contributed by atoms with van der Waals surface area (Å²) in [6.45, 7) is 1.48. The van der Waals surface area contributed by atoms with Gasteiger partial charge in [-0.1, -0.05) is 24.3 Å². The van der Waals surface area contributed by atoms with E-state index in [1.54, 1.807) is 25.1 Å². The van der Waals surface area contributed by atoms with E-state index >= 15 is 0 Å². The highest BCUT2D eigenvalue weighted by Crippen LogP contribution is 2.32. The van der Waals surface area contributed by atoms with Gasteiger partial charge in [0.2, 0.25) is 5.91 Å². The quantitative estimate of drug-likeness (QED) is 0.504. The molecule has 2 aromatic carbocycles. The number of halogens is 3. The molecule has 6 nitrogen and oxygen atoms in total. The van der Waals surface area contributed by atoms with Crippen molar-refractivity contribution in [2.24, 2.45) is 0 Å². The molecule has 0 aliphatic rings. The van der Waals surface area contributed by atoms with Crippen molar-refractivity contribution < 1.29 is 37.0 Å². The summed E-state index contributed by atoms with van der Waals surface area (Å²) in [5.74, 6) is 0.114. The second-order valence-corrected chi connectivity index (χ2v) is 6.90. The van der Waals surface area contributed by atoms with Crippen LogP contribution in [-0.4, -0.2) is 44.1 Å². The van der Waals surface area contributed by atoms with E-state index in [-0.39, 0.29) is 32.0 Å². The van der Waals surface area contributed by atoms with Crippen molar-refractivity contribution >= 4 is 11.9 Å². The number of carbonyl (C=O) groups excluding carboxylic acids is 2. The average molecular weight is 453 g/mol. The number of rotatable bonds is 10. The maximum Gasteiger partial charge on any atom is 0.416 e. The van der Waals surface area contributed by atoms with Crippen LogP contribution in [0.2, 0.25) is 0 Å². The Kier molecular flexibility index (Phi) is 8.92. The van der Waals surface area contributed by atoms with E-state index in [0.29, 0.717) is 23.5 Å². The zero-order chi connectivity index (χ0) is 23.7.